The van der Waals surface area contributed by atoms with Gasteiger partial charge in [-0.2, -0.15) is 0 Å². The number of hydrogen-bond acceptors (Lipinski definition) is 4. The summed E-state index contributed by atoms with van der Waals surface area (Å²) in [6.07, 6.45) is 0.864. The van der Waals surface area contributed by atoms with Gasteiger partial charge in [0.1, 0.15) is 5.82 Å². The molecule has 0 unspecified atom stereocenters. The fourth-order valence-corrected chi connectivity index (χ4v) is 3.27. The maximum atomic E-state index is 13.3. The Kier molecular flexibility index (Phi) is 7.53. The van der Waals surface area contributed by atoms with Gasteiger partial charge in [-0.25, -0.2) is 4.39 Å². The number of benzene rings is 1. The number of carbonyl (C=O) groups is 2. The summed E-state index contributed by atoms with van der Waals surface area (Å²) in [7, 11) is 1.72. The molecule has 1 fully saturated rings. The van der Waals surface area contributed by atoms with Gasteiger partial charge < -0.3 is 14.7 Å². The van der Waals surface area contributed by atoms with E-state index in [4.69, 9.17) is 9.84 Å². The van der Waals surface area contributed by atoms with E-state index in [1.54, 1.807) is 22.9 Å². The van der Waals surface area contributed by atoms with Gasteiger partial charge in [0.25, 0.3) is 0 Å². The molecule has 0 spiro atoms. The van der Waals surface area contributed by atoms with Crippen LogP contribution in [0.15, 0.2) is 24.3 Å². The van der Waals surface area contributed by atoms with E-state index in [-0.39, 0.29) is 30.3 Å². The number of nitrogens with zero attached hydrogens (tertiary/aromatic N) is 2. The molecule has 0 bridgehead atoms. The van der Waals surface area contributed by atoms with E-state index >= 15 is 0 Å². The smallest absolute Gasteiger partial charge is 0.317 e. The van der Waals surface area contributed by atoms with E-state index in [1.807, 2.05) is 13.0 Å². The molecule has 0 aromatic heterocycles. The third kappa shape index (κ3) is 6.72. The summed E-state index contributed by atoms with van der Waals surface area (Å²) in [4.78, 5) is 26.8. The summed E-state index contributed by atoms with van der Waals surface area (Å²) < 4.78 is 18.9. The highest BCUT2D eigenvalue weighted by atomic mass is 19.1. The van der Waals surface area contributed by atoms with Crippen molar-refractivity contribution < 1.29 is 23.8 Å². The van der Waals surface area contributed by atoms with Crippen molar-refractivity contribution in [2.45, 2.75) is 25.9 Å². The van der Waals surface area contributed by atoms with E-state index in [9.17, 15) is 14.0 Å². The van der Waals surface area contributed by atoms with Crippen molar-refractivity contribution >= 4 is 11.9 Å². The average Bonchev–Trinajstić information content (AvgIpc) is 2.54. The van der Waals surface area contributed by atoms with Gasteiger partial charge in [-0.05, 0) is 37.1 Å². The molecule has 6 nitrogen and oxygen atoms in total. The molecule has 1 aromatic rings. The van der Waals surface area contributed by atoms with E-state index in [0.29, 0.717) is 39.1 Å². The standard InChI is InChI=1S/C19H27FN2O4/c1-14(8-15-4-3-5-16(20)10-15)9-18(23)22-6-7-26-17(12-22)11-21(2)13-19(24)25/h3-5,10,14,17H,6-9,11-13H2,1-2H3,(H,24,25)/t14-,17-/m1/s1. The lowest BCUT2D eigenvalue weighted by Gasteiger charge is -2.35. The fourth-order valence-electron chi connectivity index (χ4n) is 3.27. The summed E-state index contributed by atoms with van der Waals surface area (Å²) in [5, 5.41) is 8.82. The SMILES string of the molecule is C[C@@H](CC(=O)N1CCO[C@H](CN(C)CC(=O)O)C1)Cc1cccc(F)c1. The molecule has 1 saturated heterocycles. The van der Waals surface area contributed by atoms with Gasteiger partial charge in [-0.3, -0.25) is 14.5 Å². The van der Waals surface area contributed by atoms with Gasteiger partial charge in [0, 0.05) is 26.1 Å². The van der Waals surface area contributed by atoms with Crippen LogP contribution in [0, 0.1) is 11.7 Å². The summed E-state index contributed by atoms with van der Waals surface area (Å²) in [5.74, 6) is -0.978. The predicted molar refractivity (Wildman–Crippen MR) is 95.3 cm³/mol. The van der Waals surface area contributed by atoms with Gasteiger partial charge in [0.15, 0.2) is 0 Å². The van der Waals surface area contributed by atoms with Crippen LogP contribution < -0.4 is 0 Å². The van der Waals surface area contributed by atoms with Crippen molar-refractivity contribution in [2.24, 2.45) is 5.92 Å². The van der Waals surface area contributed by atoms with Crippen molar-refractivity contribution in [3.05, 3.63) is 35.6 Å². The Morgan fingerprint density at radius 2 is 2.23 bits per heavy atom. The first-order chi connectivity index (χ1) is 12.3. The number of amides is 1. The molecule has 1 aliphatic heterocycles. The number of rotatable bonds is 8. The first kappa shape index (κ1) is 20.3. The number of carboxylic acid groups (broad SMARTS) is 1. The first-order valence-corrected chi connectivity index (χ1v) is 8.87. The highest BCUT2D eigenvalue weighted by Crippen LogP contribution is 2.16. The number of carbonyl (C=O) groups excluding carboxylic acids is 1. The second kappa shape index (κ2) is 9.64. The van der Waals surface area contributed by atoms with Crippen LogP contribution in [0.5, 0.6) is 0 Å². The number of halogens is 1. The van der Waals surface area contributed by atoms with Gasteiger partial charge in [-0.1, -0.05) is 19.1 Å². The van der Waals surface area contributed by atoms with Crippen LogP contribution >= 0.6 is 0 Å². The lowest BCUT2D eigenvalue weighted by atomic mass is 9.97. The monoisotopic (exact) mass is 366 g/mol. The third-order valence-corrected chi connectivity index (χ3v) is 4.41. The van der Waals surface area contributed by atoms with E-state index < -0.39 is 5.97 Å². The minimum atomic E-state index is -0.887. The van der Waals surface area contributed by atoms with Gasteiger partial charge in [0.05, 0.1) is 19.3 Å². The molecule has 0 aliphatic carbocycles. The lowest BCUT2D eigenvalue weighted by molar-refractivity contribution is -0.142. The van der Waals surface area contributed by atoms with Crippen molar-refractivity contribution in [2.75, 3.05) is 39.8 Å². The number of aliphatic carboxylic acids is 1. The molecule has 7 heteroatoms. The highest BCUT2D eigenvalue weighted by molar-refractivity contribution is 5.76. The lowest BCUT2D eigenvalue weighted by Crippen LogP contribution is -2.49. The van der Waals surface area contributed by atoms with Crippen molar-refractivity contribution in [3.63, 3.8) is 0 Å². The zero-order valence-corrected chi connectivity index (χ0v) is 15.4. The van der Waals surface area contributed by atoms with Crippen molar-refractivity contribution in [1.82, 2.24) is 9.80 Å². The quantitative estimate of drug-likeness (QED) is 0.757. The largest absolute Gasteiger partial charge is 0.480 e. The van der Waals surface area contributed by atoms with Crippen LogP contribution in [0.2, 0.25) is 0 Å². The number of likely N-dealkylation sites (N-methyl/N-ethyl adjacent to an activating group) is 1. The van der Waals surface area contributed by atoms with Crippen molar-refractivity contribution in [3.8, 4) is 0 Å². The Morgan fingerprint density at radius 3 is 2.92 bits per heavy atom. The molecule has 0 radical (unpaired) electrons. The Hall–Kier alpha value is -1.99. The van der Waals surface area contributed by atoms with Gasteiger partial charge in [0.2, 0.25) is 5.91 Å². The van der Waals surface area contributed by atoms with Crippen LogP contribution in [-0.2, 0) is 20.7 Å². The average molecular weight is 366 g/mol. The van der Waals surface area contributed by atoms with Gasteiger partial charge in [-0.15, -0.1) is 0 Å². The minimum Gasteiger partial charge on any atom is -0.480 e. The number of ether oxygens (including phenoxy) is 1. The predicted octanol–water partition coefficient (Wildman–Crippen LogP) is 1.64. The molecule has 1 heterocycles. The number of carboxylic acids is 1. The maximum absolute atomic E-state index is 13.3. The Bertz CT molecular complexity index is 625. The Labute approximate surface area is 153 Å². The second-order valence-electron chi connectivity index (χ2n) is 7.07. The van der Waals surface area contributed by atoms with E-state index in [2.05, 4.69) is 0 Å². The summed E-state index contributed by atoms with van der Waals surface area (Å²) in [5.41, 5.74) is 0.889. The normalized spacial score (nSPS) is 18.8. The topological polar surface area (TPSA) is 70.1 Å². The molecule has 2 atom stereocenters. The molecule has 144 valence electrons. The van der Waals surface area contributed by atoms with Crippen LogP contribution in [0.3, 0.4) is 0 Å². The van der Waals surface area contributed by atoms with Gasteiger partial charge >= 0.3 is 5.97 Å². The second-order valence-corrected chi connectivity index (χ2v) is 7.07. The number of hydrogen-bond donors (Lipinski definition) is 1. The molecule has 2 rings (SSSR count). The van der Waals surface area contributed by atoms with Crippen LogP contribution in [0.1, 0.15) is 18.9 Å². The zero-order valence-electron chi connectivity index (χ0n) is 15.4. The molecule has 1 aliphatic rings. The zero-order chi connectivity index (χ0) is 19.1. The molecular formula is C19H27FN2O4. The first-order valence-electron chi connectivity index (χ1n) is 8.87. The van der Waals surface area contributed by atoms with Crippen LogP contribution in [0.25, 0.3) is 0 Å². The van der Waals surface area contributed by atoms with E-state index in [1.165, 1.54) is 12.1 Å². The molecule has 1 aromatic carbocycles. The third-order valence-electron chi connectivity index (χ3n) is 4.41. The van der Waals surface area contributed by atoms with Crippen molar-refractivity contribution in [1.29, 1.82) is 0 Å². The van der Waals surface area contributed by atoms with E-state index in [0.717, 1.165) is 5.56 Å². The Balaban J connectivity index is 1.81. The molecule has 0 saturated carbocycles. The minimum absolute atomic E-state index is 0.0571. The number of morpholine rings is 1. The van der Waals surface area contributed by atoms with Crippen LogP contribution in [0.4, 0.5) is 4.39 Å². The Morgan fingerprint density at radius 1 is 1.46 bits per heavy atom. The molecule has 1 N–H and O–H groups in total. The summed E-state index contributed by atoms with van der Waals surface area (Å²) in [6.45, 7) is 3.87. The summed E-state index contributed by atoms with van der Waals surface area (Å²) in [6, 6.07) is 6.46. The molecule has 26 heavy (non-hydrogen) atoms. The molecule has 1 amide bonds. The fraction of sp³-hybridized carbons (Fsp3) is 0.579. The molecular weight excluding hydrogens is 339 g/mol. The maximum Gasteiger partial charge on any atom is 0.317 e. The summed E-state index contributed by atoms with van der Waals surface area (Å²) >= 11 is 0. The highest BCUT2D eigenvalue weighted by Gasteiger charge is 2.26. The van der Waals surface area contributed by atoms with Crippen LogP contribution in [-0.4, -0.2) is 72.7 Å².